The highest BCUT2D eigenvalue weighted by Crippen LogP contribution is 2.29. The van der Waals surface area contributed by atoms with Crippen molar-refractivity contribution in [2.45, 2.75) is 6.42 Å². The van der Waals surface area contributed by atoms with Gasteiger partial charge in [-0.15, -0.1) is 0 Å². The highest BCUT2D eigenvalue weighted by atomic mass is 35.5. The predicted molar refractivity (Wildman–Crippen MR) is 120 cm³/mol. The molecule has 30 heavy (non-hydrogen) atoms. The van der Waals surface area contributed by atoms with Gasteiger partial charge in [0, 0.05) is 39.4 Å². The average molecular weight is 416 g/mol. The van der Waals surface area contributed by atoms with Crippen LogP contribution >= 0.6 is 11.6 Å². The number of benzene rings is 3. The molecule has 0 atom stereocenters. The van der Waals surface area contributed by atoms with Gasteiger partial charge in [0.2, 0.25) is 0 Å². The van der Waals surface area contributed by atoms with Crippen molar-refractivity contribution in [2.24, 2.45) is 0 Å². The number of para-hydroxylation sites is 1. The fraction of sp³-hybridized carbons (Fsp3) is 0.0833. The Hall–Kier alpha value is -3.57. The molecule has 4 aromatic rings. The van der Waals surface area contributed by atoms with Crippen molar-refractivity contribution in [1.82, 2.24) is 4.98 Å². The number of nitrogens with one attached hydrogen (secondary N) is 2. The van der Waals surface area contributed by atoms with Gasteiger partial charge in [-0.2, -0.15) is 0 Å². The number of anilines is 2. The van der Waals surface area contributed by atoms with E-state index >= 15 is 0 Å². The van der Waals surface area contributed by atoms with Crippen molar-refractivity contribution < 1.29 is 9.59 Å². The van der Waals surface area contributed by atoms with E-state index < -0.39 is 0 Å². The number of halogens is 1. The van der Waals surface area contributed by atoms with Crippen molar-refractivity contribution in [2.75, 3.05) is 16.8 Å². The van der Waals surface area contributed by atoms with Crippen molar-refractivity contribution >= 4 is 45.7 Å². The van der Waals surface area contributed by atoms with E-state index in [4.69, 9.17) is 11.6 Å². The molecule has 6 heteroatoms. The average Bonchev–Trinajstić information content (AvgIpc) is 3.38. The Morgan fingerprint density at radius 3 is 2.60 bits per heavy atom. The molecular weight excluding hydrogens is 398 g/mol. The summed E-state index contributed by atoms with van der Waals surface area (Å²) in [5.41, 5.74) is 4.62. The van der Waals surface area contributed by atoms with Crippen molar-refractivity contribution in [3.05, 3.63) is 94.6 Å². The topological polar surface area (TPSA) is 65.2 Å². The van der Waals surface area contributed by atoms with Crippen LogP contribution in [0.4, 0.5) is 11.4 Å². The third kappa shape index (κ3) is 3.33. The Bertz CT molecular complexity index is 1280. The summed E-state index contributed by atoms with van der Waals surface area (Å²) in [5.74, 6) is -0.291. The maximum absolute atomic E-state index is 12.9. The Morgan fingerprint density at radius 1 is 0.967 bits per heavy atom. The summed E-state index contributed by atoms with van der Waals surface area (Å²) in [7, 11) is 0. The first-order valence-electron chi connectivity index (χ1n) is 9.68. The number of aromatic amines is 1. The van der Waals surface area contributed by atoms with E-state index in [0.29, 0.717) is 28.5 Å². The molecule has 0 fully saturated rings. The zero-order valence-electron chi connectivity index (χ0n) is 16.0. The SMILES string of the molecule is O=C(Nc1ccc(C(=O)N2CCc3ccccc32)cc1)c1cc2ccc(Cl)cc2[nH]1. The molecule has 2 heterocycles. The minimum absolute atomic E-state index is 0.0367. The second kappa shape index (κ2) is 7.35. The van der Waals surface area contributed by atoms with Gasteiger partial charge < -0.3 is 15.2 Å². The van der Waals surface area contributed by atoms with Crippen LogP contribution in [-0.2, 0) is 6.42 Å². The van der Waals surface area contributed by atoms with Gasteiger partial charge in [-0.05, 0) is 60.5 Å². The highest BCUT2D eigenvalue weighted by molar-refractivity contribution is 6.31. The van der Waals surface area contributed by atoms with Crippen LogP contribution in [0.2, 0.25) is 5.02 Å². The number of hydrogen-bond acceptors (Lipinski definition) is 2. The molecule has 2 amide bonds. The molecule has 5 rings (SSSR count). The predicted octanol–water partition coefficient (Wildman–Crippen LogP) is 5.28. The molecule has 148 valence electrons. The number of amides is 2. The van der Waals surface area contributed by atoms with Crippen LogP contribution in [0.5, 0.6) is 0 Å². The van der Waals surface area contributed by atoms with E-state index in [9.17, 15) is 9.59 Å². The lowest BCUT2D eigenvalue weighted by Gasteiger charge is -2.17. The van der Waals surface area contributed by atoms with Gasteiger partial charge in [-0.25, -0.2) is 0 Å². The summed E-state index contributed by atoms with van der Waals surface area (Å²) in [6, 6.07) is 22.1. The summed E-state index contributed by atoms with van der Waals surface area (Å²) in [6.45, 7) is 0.682. The van der Waals surface area contributed by atoms with E-state index in [1.165, 1.54) is 5.56 Å². The Kier molecular flexibility index (Phi) is 4.52. The second-order valence-corrected chi connectivity index (χ2v) is 7.72. The normalized spacial score (nSPS) is 12.8. The standard InChI is InChI=1S/C24H18ClN3O2/c25-18-8-5-17-13-21(27-20(17)14-18)23(29)26-19-9-6-16(7-10-19)24(30)28-12-11-15-3-1-2-4-22(15)28/h1-10,13-14,27H,11-12H2,(H,26,29). The van der Waals surface area contributed by atoms with Gasteiger partial charge in [0.25, 0.3) is 11.8 Å². The van der Waals surface area contributed by atoms with Gasteiger partial charge in [-0.3, -0.25) is 9.59 Å². The molecule has 1 aliphatic heterocycles. The lowest BCUT2D eigenvalue weighted by atomic mass is 10.1. The molecule has 1 aliphatic rings. The summed E-state index contributed by atoms with van der Waals surface area (Å²) in [5, 5.41) is 4.38. The summed E-state index contributed by atoms with van der Waals surface area (Å²) in [6.07, 6.45) is 0.867. The minimum Gasteiger partial charge on any atom is -0.350 e. The Morgan fingerprint density at radius 2 is 1.77 bits per heavy atom. The third-order valence-electron chi connectivity index (χ3n) is 5.35. The largest absolute Gasteiger partial charge is 0.350 e. The Balaban J connectivity index is 1.31. The van der Waals surface area contributed by atoms with Crippen LogP contribution in [0.15, 0.2) is 72.8 Å². The molecule has 0 saturated heterocycles. The summed E-state index contributed by atoms with van der Waals surface area (Å²) < 4.78 is 0. The van der Waals surface area contributed by atoms with Gasteiger partial charge in [0.05, 0.1) is 0 Å². The lowest BCUT2D eigenvalue weighted by Crippen LogP contribution is -2.28. The molecule has 2 N–H and O–H groups in total. The zero-order chi connectivity index (χ0) is 20.7. The second-order valence-electron chi connectivity index (χ2n) is 7.28. The smallest absolute Gasteiger partial charge is 0.272 e. The van der Waals surface area contributed by atoms with E-state index in [0.717, 1.165) is 23.0 Å². The van der Waals surface area contributed by atoms with Crippen LogP contribution in [0.1, 0.15) is 26.4 Å². The molecule has 0 bridgehead atoms. The third-order valence-corrected chi connectivity index (χ3v) is 5.59. The fourth-order valence-corrected chi connectivity index (χ4v) is 3.99. The van der Waals surface area contributed by atoms with Crippen molar-refractivity contribution in [3.8, 4) is 0 Å². The molecule has 0 aliphatic carbocycles. The first-order chi connectivity index (χ1) is 14.6. The van der Waals surface area contributed by atoms with E-state index in [-0.39, 0.29) is 11.8 Å². The van der Waals surface area contributed by atoms with E-state index in [2.05, 4.69) is 16.4 Å². The lowest BCUT2D eigenvalue weighted by molar-refractivity contribution is 0.0988. The summed E-state index contributed by atoms with van der Waals surface area (Å²) >= 11 is 6.00. The van der Waals surface area contributed by atoms with Gasteiger partial charge in [-0.1, -0.05) is 35.9 Å². The van der Waals surface area contributed by atoms with Crippen LogP contribution < -0.4 is 10.2 Å². The monoisotopic (exact) mass is 415 g/mol. The highest BCUT2D eigenvalue weighted by Gasteiger charge is 2.25. The van der Waals surface area contributed by atoms with Gasteiger partial charge in [0.15, 0.2) is 0 Å². The van der Waals surface area contributed by atoms with Crippen LogP contribution in [0, 0.1) is 0 Å². The van der Waals surface area contributed by atoms with Gasteiger partial charge in [0.1, 0.15) is 5.69 Å². The number of carbonyl (C=O) groups is 2. The maximum Gasteiger partial charge on any atom is 0.272 e. The maximum atomic E-state index is 12.9. The molecule has 0 saturated carbocycles. The molecule has 0 radical (unpaired) electrons. The molecule has 0 spiro atoms. The fourth-order valence-electron chi connectivity index (χ4n) is 3.82. The van der Waals surface area contributed by atoms with Crippen molar-refractivity contribution in [3.63, 3.8) is 0 Å². The number of carbonyl (C=O) groups excluding carboxylic acids is 2. The molecule has 0 unspecified atom stereocenters. The van der Waals surface area contributed by atoms with Crippen LogP contribution in [0.25, 0.3) is 10.9 Å². The van der Waals surface area contributed by atoms with Crippen LogP contribution in [-0.4, -0.2) is 23.3 Å². The number of rotatable bonds is 3. The number of H-pyrrole nitrogens is 1. The molecular formula is C24H18ClN3O2. The summed E-state index contributed by atoms with van der Waals surface area (Å²) in [4.78, 5) is 30.4. The Labute approximate surface area is 178 Å². The van der Waals surface area contributed by atoms with E-state index in [1.54, 1.807) is 47.4 Å². The first-order valence-corrected chi connectivity index (χ1v) is 10.1. The number of aromatic nitrogens is 1. The minimum atomic E-state index is -0.255. The zero-order valence-corrected chi connectivity index (χ0v) is 16.7. The number of nitrogens with zero attached hydrogens (tertiary/aromatic N) is 1. The first kappa shape index (κ1) is 18.5. The van der Waals surface area contributed by atoms with E-state index in [1.807, 2.05) is 24.3 Å². The number of fused-ring (bicyclic) bond motifs is 2. The molecule has 5 nitrogen and oxygen atoms in total. The van der Waals surface area contributed by atoms with Gasteiger partial charge >= 0.3 is 0 Å². The van der Waals surface area contributed by atoms with Crippen LogP contribution in [0.3, 0.4) is 0 Å². The molecule has 3 aromatic carbocycles. The van der Waals surface area contributed by atoms with Crippen molar-refractivity contribution in [1.29, 1.82) is 0 Å². The number of hydrogen-bond donors (Lipinski definition) is 2. The quantitative estimate of drug-likeness (QED) is 0.478. The molecule has 1 aromatic heterocycles.